The normalized spacial score (nSPS) is 10.4. The summed E-state index contributed by atoms with van der Waals surface area (Å²) in [5.74, 6) is 0. The number of halogens is 1. The number of hydrogen-bond acceptors (Lipinski definition) is 4. The Balaban J connectivity index is 1.76. The largest absolute Gasteiger partial charge is 0.357 e. The first-order chi connectivity index (χ1) is 9.83. The van der Waals surface area contributed by atoms with Crippen LogP contribution in [0.5, 0.6) is 0 Å². The number of thiazole rings is 1. The molecule has 100 valence electrons. The number of pyridine rings is 1. The highest BCUT2D eigenvalue weighted by molar-refractivity contribution is 7.20. The third-order valence-corrected chi connectivity index (χ3v) is 3.99. The van der Waals surface area contributed by atoms with Crippen molar-refractivity contribution in [1.82, 2.24) is 9.97 Å². The van der Waals surface area contributed by atoms with Gasteiger partial charge in [0.25, 0.3) is 0 Å². The van der Waals surface area contributed by atoms with E-state index >= 15 is 0 Å². The zero-order chi connectivity index (χ0) is 13.8. The van der Waals surface area contributed by atoms with Crippen molar-refractivity contribution in [3.63, 3.8) is 0 Å². The molecular formula is C15H12ClN3S. The van der Waals surface area contributed by atoms with Gasteiger partial charge in [0.05, 0.1) is 5.69 Å². The number of rotatable bonds is 4. The van der Waals surface area contributed by atoms with E-state index in [0.717, 1.165) is 23.1 Å². The molecule has 0 radical (unpaired) electrons. The lowest BCUT2D eigenvalue weighted by Crippen LogP contribution is -1.98. The average molecular weight is 302 g/mol. The van der Waals surface area contributed by atoms with Gasteiger partial charge < -0.3 is 5.32 Å². The van der Waals surface area contributed by atoms with Crippen molar-refractivity contribution in [2.75, 3.05) is 5.32 Å². The Kier molecular flexibility index (Phi) is 3.95. The molecule has 0 atom stereocenters. The Bertz CT molecular complexity index is 683. The maximum Gasteiger partial charge on any atom is 0.185 e. The monoisotopic (exact) mass is 301 g/mol. The molecule has 2 heterocycles. The van der Waals surface area contributed by atoms with E-state index in [0.29, 0.717) is 4.34 Å². The van der Waals surface area contributed by atoms with Gasteiger partial charge in [0, 0.05) is 12.7 Å². The molecule has 1 aromatic carbocycles. The molecule has 2 aromatic heterocycles. The van der Waals surface area contributed by atoms with Gasteiger partial charge in [-0.3, -0.25) is 4.98 Å². The van der Waals surface area contributed by atoms with Crippen LogP contribution >= 0.6 is 22.9 Å². The van der Waals surface area contributed by atoms with Gasteiger partial charge in [-0.2, -0.15) is 0 Å². The van der Waals surface area contributed by atoms with Crippen LogP contribution in [-0.2, 0) is 6.54 Å². The van der Waals surface area contributed by atoms with E-state index in [1.54, 1.807) is 6.20 Å². The quantitative estimate of drug-likeness (QED) is 0.772. The molecule has 0 amide bonds. The van der Waals surface area contributed by atoms with Crippen LogP contribution in [0.25, 0.3) is 11.4 Å². The van der Waals surface area contributed by atoms with E-state index in [1.165, 1.54) is 16.9 Å². The molecule has 3 rings (SSSR count). The first-order valence-electron chi connectivity index (χ1n) is 6.18. The van der Waals surface area contributed by atoms with Crippen LogP contribution < -0.4 is 5.32 Å². The molecule has 0 fully saturated rings. The summed E-state index contributed by atoms with van der Waals surface area (Å²) in [5, 5.41) is 4.09. The van der Waals surface area contributed by atoms with Gasteiger partial charge in [-0.15, -0.1) is 0 Å². The zero-order valence-corrected chi connectivity index (χ0v) is 12.2. The fourth-order valence-corrected chi connectivity index (χ4v) is 2.87. The predicted octanol–water partition coefficient (Wildman–Crippen LogP) is 4.47. The summed E-state index contributed by atoms with van der Waals surface area (Å²) >= 11 is 7.67. The molecular weight excluding hydrogens is 290 g/mol. The van der Waals surface area contributed by atoms with Gasteiger partial charge in [0.15, 0.2) is 5.13 Å². The van der Waals surface area contributed by atoms with Crippen molar-refractivity contribution in [2.24, 2.45) is 0 Å². The Morgan fingerprint density at radius 1 is 1.05 bits per heavy atom. The molecule has 0 bridgehead atoms. The maximum absolute atomic E-state index is 6.24. The number of benzene rings is 1. The summed E-state index contributed by atoms with van der Waals surface area (Å²) in [6, 6.07) is 15.9. The number of aromatic nitrogens is 2. The molecule has 0 aliphatic heterocycles. The van der Waals surface area contributed by atoms with Crippen molar-refractivity contribution in [3.8, 4) is 11.4 Å². The second-order valence-corrected chi connectivity index (χ2v) is 5.80. The van der Waals surface area contributed by atoms with Crippen molar-refractivity contribution in [2.45, 2.75) is 6.54 Å². The Morgan fingerprint density at radius 2 is 1.85 bits per heavy atom. The first-order valence-corrected chi connectivity index (χ1v) is 7.38. The van der Waals surface area contributed by atoms with E-state index in [1.807, 2.05) is 36.4 Å². The smallest absolute Gasteiger partial charge is 0.185 e. The molecule has 0 aliphatic carbocycles. The summed E-state index contributed by atoms with van der Waals surface area (Å²) in [6.07, 6.45) is 1.74. The summed E-state index contributed by atoms with van der Waals surface area (Å²) in [6.45, 7) is 0.729. The highest BCUT2D eigenvalue weighted by Gasteiger charge is 2.11. The SMILES string of the molecule is Clc1sc(NCc2ccccc2)nc1-c1ccccn1. The van der Waals surface area contributed by atoms with Crippen molar-refractivity contribution in [3.05, 3.63) is 64.6 Å². The third-order valence-electron chi connectivity index (χ3n) is 2.78. The molecule has 0 unspecified atom stereocenters. The minimum Gasteiger partial charge on any atom is -0.357 e. The maximum atomic E-state index is 6.24. The number of nitrogens with one attached hydrogen (secondary N) is 1. The Morgan fingerprint density at radius 3 is 2.60 bits per heavy atom. The summed E-state index contributed by atoms with van der Waals surface area (Å²) in [5.41, 5.74) is 2.73. The van der Waals surface area contributed by atoms with Crippen LogP contribution in [0.15, 0.2) is 54.7 Å². The van der Waals surface area contributed by atoms with Crippen molar-refractivity contribution >= 4 is 28.1 Å². The second-order valence-electron chi connectivity index (χ2n) is 4.20. The summed E-state index contributed by atoms with van der Waals surface area (Å²) in [4.78, 5) is 8.78. The Labute approximate surface area is 126 Å². The molecule has 3 nitrogen and oxygen atoms in total. The van der Waals surface area contributed by atoms with Gasteiger partial charge in [-0.1, -0.05) is 59.3 Å². The van der Waals surface area contributed by atoms with E-state index < -0.39 is 0 Å². The van der Waals surface area contributed by atoms with Crippen LogP contribution in [0, 0.1) is 0 Å². The Hall–Kier alpha value is -1.91. The van der Waals surface area contributed by atoms with E-state index in [9.17, 15) is 0 Å². The molecule has 0 aliphatic rings. The lowest BCUT2D eigenvalue weighted by molar-refractivity contribution is 1.13. The van der Waals surface area contributed by atoms with Crippen molar-refractivity contribution < 1.29 is 0 Å². The molecule has 1 N–H and O–H groups in total. The average Bonchev–Trinajstić information content (AvgIpc) is 2.88. The number of nitrogens with zero attached hydrogens (tertiary/aromatic N) is 2. The number of hydrogen-bond donors (Lipinski definition) is 1. The molecule has 3 aromatic rings. The van der Waals surface area contributed by atoms with Gasteiger partial charge in [0.1, 0.15) is 10.0 Å². The molecule has 0 saturated carbocycles. The van der Waals surface area contributed by atoms with Crippen LogP contribution in [0.2, 0.25) is 4.34 Å². The van der Waals surface area contributed by atoms with E-state index in [4.69, 9.17) is 11.6 Å². The predicted molar refractivity (Wildman–Crippen MR) is 84.1 cm³/mol. The van der Waals surface area contributed by atoms with Crippen LogP contribution in [0.4, 0.5) is 5.13 Å². The van der Waals surface area contributed by atoms with Crippen LogP contribution in [-0.4, -0.2) is 9.97 Å². The van der Waals surface area contributed by atoms with Gasteiger partial charge in [-0.05, 0) is 17.7 Å². The molecule has 0 spiro atoms. The van der Waals surface area contributed by atoms with E-state index in [-0.39, 0.29) is 0 Å². The highest BCUT2D eigenvalue weighted by atomic mass is 35.5. The number of anilines is 1. The van der Waals surface area contributed by atoms with Gasteiger partial charge in [-0.25, -0.2) is 4.98 Å². The van der Waals surface area contributed by atoms with Crippen molar-refractivity contribution in [1.29, 1.82) is 0 Å². The fraction of sp³-hybridized carbons (Fsp3) is 0.0667. The lowest BCUT2D eigenvalue weighted by Gasteiger charge is -2.01. The first kappa shape index (κ1) is 13.1. The topological polar surface area (TPSA) is 37.8 Å². The summed E-state index contributed by atoms with van der Waals surface area (Å²) < 4.78 is 0.652. The van der Waals surface area contributed by atoms with Gasteiger partial charge >= 0.3 is 0 Å². The highest BCUT2D eigenvalue weighted by Crippen LogP contribution is 2.34. The summed E-state index contributed by atoms with van der Waals surface area (Å²) in [7, 11) is 0. The zero-order valence-electron chi connectivity index (χ0n) is 10.6. The van der Waals surface area contributed by atoms with Gasteiger partial charge in [0.2, 0.25) is 0 Å². The molecule has 0 saturated heterocycles. The third kappa shape index (κ3) is 2.98. The lowest BCUT2D eigenvalue weighted by atomic mass is 10.2. The fourth-order valence-electron chi connectivity index (χ4n) is 1.81. The molecule has 5 heteroatoms. The van der Waals surface area contributed by atoms with Crippen LogP contribution in [0.1, 0.15) is 5.56 Å². The second kappa shape index (κ2) is 6.03. The molecule has 20 heavy (non-hydrogen) atoms. The minimum atomic E-state index is 0.652. The minimum absolute atomic E-state index is 0.652. The standard InChI is InChI=1S/C15H12ClN3S/c16-14-13(12-8-4-5-9-17-12)19-15(20-14)18-10-11-6-2-1-3-7-11/h1-9H,10H2,(H,18,19). The van der Waals surface area contributed by atoms with Crippen LogP contribution in [0.3, 0.4) is 0 Å². The van der Waals surface area contributed by atoms with E-state index in [2.05, 4.69) is 27.4 Å².